The van der Waals surface area contributed by atoms with Crippen molar-refractivity contribution in [2.75, 3.05) is 0 Å². The predicted octanol–water partition coefficient (Wildman–Crippen LogP) is 4.76. The number of carbonyl (C=O) groups is 1. The first-order chi connectivity index (χ1) is 9.95. The highest BCUT2D eigenvalue weighted by molar-refractivity contribution is 7.17. The van der Waals surface area contributed by atoms with Gasteiger partial charge < -0.3 is 0 Å². The lowest BCUT2D eigenvalue weighted by Crippen LogP contribution is -2.50. The van der Waals surface area contributed by atoms with Gasteiger partial charge >= 0.3 is 0 Å². The van der Waals surface area contributed by atoms with Crippen LogP contribution in [0.25, 0.3) is 0 Å². The van der Waals surface area contributed by atoms with Crippen molar-refractivity contribution in [2.24, 2.45) is 28.6 Å². The van der Waals surface area contributed by atoms with Crippen LogP contribution in [0.4, 0.5) is 0 Å². The zero-order valence-corrected chi connectivity index (χ0v) is 14.7. The molecule has 0 amide bonds. The van der Waals surface area contributed by atoms with Gasteiger partial charge in [-0.1, -0.05) is 19.4 Å². The number of carbonyl (C=O) groups excluding carboxylic acids is 1. The van der Waals surface area contributed by atoms with Gasteiger partial charge in [0, 0.05) is 6.42 Å². The van der Waals surface area contributed by atoms with Gasteiger partial charge in [0.25, 0.3) is 0 Å². The first-order valence-electron chi connectivity index (χ1n) is 8.94. The third-order valence-electron chi connectivity index (χ3n) is 8.04. The molecule has 3 saturated carbocycles. The Labute approximate surface area is 131 Å². The number of ketones is 1. The van der Waals surface area contributed by atoms with Crippen molar-refractivity contribution in [1.29, 1.82) is 0 Å². The van der Waals surface area contributed by atoms with Gasteiger partial charge in [-0.25, -0.2) is 0 Å². The molecule has 21 heavy (non-hydrogen) atoms. The molecular weight excluding hydrogens is 275 g/mol. The number of rotatable bonds is 0. The smallest absolute Gasteiger partial charge is 0.155 e. The molecule has 0 aromatic rings. The van der Waals surface area contributed by atoms with E-state index < -0.39 is 0 Å². The number of hydrogen-bond donors (Lipinski definition) is 0. The summed E-state index contributed by atoms with van der Waals surface area (Å²) in [4.78, 5) is 11.8. The quantitative estimate of drug-likeness (QED) is 0.590. The maximum atomic E-state index is 11.8. The highest BCUT2D eigenvalue weighted by atomic mass is 31.0. The van der Waals surface area contributed by atoms with Gasteiger partial charge in [-0.3, -0.25) is 4.79 Å². The molecule has 0 aromatic carbocycles. The minimum atomic E-state index is 0.344. The Bertz CT molecular complexity index is 510. The van der Waals surface area contributed by atoms with E-state index in [1.807, 2.05) is 6.08 Å². The van der Waals surface area contributed by atoms with E-state index in [9.17, 15) is 4.79 Å². The lowest BCUT2D eigenvalue weighted by molar-refractivity contribution is -0.117. The van der Waals surface area contributed by atoms with Crippen molar-refractivity contribution in [3.63, 3.8) is 0 Å². The summed E-state index contributed by atoms with van der Waals surface area (Å²) in [5.74, 6) is 3.09. The molecule has 3 fully saturated rings. The molecule has 4 rings (SSSR count). The maximum absolute atomic E-state index is 11.8. The van der Waals surface area contributed by atoms with E-state index in [4.69, 9.17) is 0 Å². The second kappa shape index (κ2) is 4.67. The fraction of sp³-hybridized carbons (Fsp3) is 0.842. The lowest BCUT2D eigenvalue weighted by atomic mass is 9.47. The molecule has 0 N–H and O–H groups in total. The van der Waals surface area contributed by atoms with Crippen LogP contribution in [0.5, 0.6) is 0 Å². The van der Waals surface area contributed by atoms with Crippen LogP contribution < -0.4 is 0 Å². The van der Waals surface area contributed by atoms with Gasteiger partial charge in [-0.05, 0) is 85.3 Å². The summed E-state index contributed by atoms with van der Waals surface area (Å²) in [6.45, 7) is 5.05. The minimum absolute atomic E-state index is 0.344. The van der Waals surface area contributed by atoms with Crippen molar-refractivity contribution < 1.29 is 4.79 Å². The maximum Gasteiger partial charge on any atom is 0.155 e. The lowest BCUT2D eigenvalue weighted by Gasteiger charge is -2.58. The molecule has 0 spiro atoms. The molecule has 7 atom stereocenters. The van der Waals surface area contributed by atoms with Gasteiger partial charge in [0.2, 0.25) is 0 Å². The van der Waals surface area contributed by atoms with Crippen molar-refractivity contribution in [2.45, 2.75) is 70.9 Å². The highest BCUT2D eigenvalue weighted by Crippen LogP contribution is 2.66. The minimum Gasteiger partial charge on any atom is -0.295 e. The van der Waals surface area contributed by atoms with Crippen LogP contribution in [0.15, 0.2) is 11.6 Å². The Kier molecular flexibility index (Phi) is 3.21. The molecule has 0 saturated heterocycles. The summed E-state index contributed by atoms with van der Waals surface area (Å²) in [6.07, 6.45) is 12.1. The van der Waals surface area contributed by atoms with Gasteiger partial charge in [-0.15, -0.1) is 9.24 Å². The van der Waals surface area contributed by atoms with E-state index in [2.05, 4.69) is 23.1 Å². The third-order valence-corrected chi connectivity index (χ3v) is 9.13. The van der Waals surface area contributed by atoms with Crippen LogP contribution in [-0.2, 0) is 4.79 Å². The largest absolute Gasteiger partial charge is 0.295 e. The molecule has 0 aliphatic heterocycles. The Morgan fingerprint density at radius 1 is 1.05 bits per heavy atom. The zero-order chi connectivity index (χ0) is 14.8. The van der Waals surface area contributed by atoms with Gasteiger partial charge in [0.1, 0.15) is 0 Å². The molecule has 4 aliphatic rings. The summed E-state index contributed by atoms with van der Waals surface area (Å²) in [7, 11) is 3.16. The predicted molar refractivity (Wildman–Crippen MR) is 90.2 cm³/mol. The molecule has 0 bridgehead atoms. The standard InChI is InChI=1S/C19H29OP/c1-18-9-7-13(20)11-12(18)3-4-14-15-5-6-17(21)19(15,2)10-8-16(14)18/h11,14-17H,3-10,21H2,1-2H3. The Balaban J connectivity index is 1.69. The van der Waals surface area contributed by atoms with E-state index in [0.29, 0.717) is 16.6 Å². The second-order valence-electron chi connectivity index (χ2n) is 8.70. The molecule has 0 aromatic heterocycles. The van der Waals surface area contributed by atoms with Crippen LogP contribution in [0, 0.1) is 28.6 Å². The summed E-state index contributed by atoms with van der Waals surface area (Å²) in [6, 6.07) is 0. The van der Waals surface area contributed by atoms with Crippen molar-refractivity contribution in [1.82, 2.24) is 0 Å². The topological polar surface area (TPSA) is 17.1 Å². The second-order valence-corrected chi connectivity index (χ2v) is 9.50. The van der Waals surface area contributed by atoms with Gasteiger partial charge in [0.05, 0.1) is 0 Å². The molecule has 4 aliphatic carbocycles. The first kappa shape index (κ1) is 14.4. The summed E-state index contributed by atoms with van der Waals surface area (Å²) >= 11 is 0. The average molecular weight is 304 g/mol. The van der Waals surface area contributed by atoms with Crippen LogP contribution in [0.2, 0.25) is 0 Å². The van der Waals surface area contributed by atoms with Gasteiger partial charge in [0.15, 0.2) is 5.78 Å². The Morgan fingerprint density at radius 2 is 1.86 bits per heavy atom. The van der Waals surface area contributed by atoms with E-state index in [-0.39, 0.29) is 0 Å². The molecular formula is C19H29OP. The van der Waals surface area contributed by atoms with Crippen LogP contribution in [0.1, 0.15) is 65.2 Å². The summed E-state index contributed by atoms with van der Waals surface area (Å²) in [5.41, 5.74) is 3.26. The summed E-state index contributed by atoms with van der Waals surface area (Å²) < 4.78 is 0. The molecule has 0 radical (unpaired) electrons. The van der Waals surface area contributed by atoms with E-state index >= 15 is 0 Å². The van der Waals surface area contributed by atoms with E-state index in [1.165, 1.54) is 44.1 Å². The van der Waals surface area contributed by atoms with Crippen LogP contribution in [0.3, 0.4) is 0 Å². The van der Waals surface area contributed by atoms with Crippen molar-refractivity contribution >= 4 is 15.0 Å². The molecule has 1 nitrogen and oxygen atoms in total. The fourth-order valence-corrected chi connectivity index (χ4v) is 7.21. The van der Waals surface area contributed by atoms with Gasteiger partial charge in [-0.2, -0.15) is 0 Å². The first-order valence-corrected chi connectivity index (χ1v) is 9.61. The zero-order valence-electron chi connectivity index (χ0n) is 13.5. The van der Waals surface area contributed by atoms with E-state index in [1.54, 1.807) is 0 Å². The Hall–Kier alpha value is -0.160. The molecule has 7 unspecified atom stereocenters. The van der Waals surface area contributed by atoms with Crippen LogP contribution in [-0.4, -0.2) is 11.4 Å². The number of allylic oxidation sites excluding steroid dienone is 1. The molecule has 0 heterocycles. The number of hydrogen-bond acceptors (Lipinski definition) is 1. The van der Waals surface area contributed by atoms with E-state index in [0.717, 1.165) is 36.3 Å². The average Bonchev–Trinajstić information content (AvgIpc) is 2.76. The summed E-state index contributed by atoms with van der Waals surface area (Å²) in [5, 5.41) is 0. The molecule has 2 heteroatoms. The van der Waals surface area contributed by atoms with Crippen LogP contribution >= 0.6 is 9.24 Å². The van der Waals surface area contributed by atoms with Crippen molar-refractivity contribution in [3.8, 4) is 0 Å². The SMILES string of the molecule is CC12CCC(=O)C=C1CCC1C2CCC2(C)C(P)CCC12. The number of fused-ring (bicyclic) bond motifs is 5. The normalized spacial score (nSPS) is 52.7. The van der Waals surface area contributed by atoms with Crippen molar-refractivity contribution in [3.05, 3.63) is 11.6 Å². The third kappa shape index (κ3) is 1.89. The fourth-order valence-electron chi connectivity index (χ4n) is 6.60. The molecule has 116 valence electrons. The Morgan fingerprint density at radius 3 is 2.67 bits per heavy atom. The highest BCUT2D eigenvalue weighted by Gasteiger charge is 2.57. The monoisotopic (exact) mass is 304 g/mol.